The van der Waals surface area contributed by atoms with Crippen LogP contribution in [0.15, 0.2) is 59.9 Å². The number of rotatable bonds is 7. The molecule has 2 aromatic heterocycles. The second kappa shape index (κ2) is 9.67. The standard InChI is InChI=1S/C26H29N5O3/c32-24-22(25(33)27-15-18-6-4-9-21(14-18)31-13-5-12-28-31)16-30(20-7-2-1-3-8-20)17-23(24)26(34)29-19-10-11-19/h4-6,9,12-14,16-17,19-20H,1-3,7-8,10-11,15H2,(H,27,33)(H,29,34). The van der Waals surface area contributed by atoms with E-state index in [0.29, 0.717) is 0 Å². The highest BCUT2D eigenvalue weighted by Gasteiger charge is 2.27. The maximum Gasteiger partial charge on any atom is 0.257 e. The molecule has 0 bridgehead atoms. The summed E-state index contributed by atoms with van der Waals surface area (Å²) in [5, 5.41) is 9.99. The number of hydrogen-bond donors (Lipinski definition) is 2. The number of benzene rings is 1. The van der Waals surface area contributed by atoms with E-state index in [0.717, 1.165) is 49.8 Å². The molecule has 1 aromatic carbocycles. The average molecular weight is 460 g/mol. The molecule has 176 valence electrons. The van der Waals surface area contributed by atoms with E-state index in [1.807, 2.05) is 41.1 Å². The van der Waals surface area contributed by atoms with Crippen LogP contribution in [0.5, 0.6) is 0 Å². The highest BCUT2D eigenvalue weighted by molar-refractivity contribution is 5.99. The Kier molecular flexibility index (Phi) is 6.29. The number of nitrogens with zero attached hydrogens (tertiary/aromatic N) is 3. The number of hydrogen-bond acceptors (Lipinski definition) is 4. The fraction of sp³-hybridized carbons (Fsp3) is 0.385. The predicted octanol–water partition coefficient (Wildman–Crippen LogP) is 3.36. The lowest BCUT2D eigenvalue weighted by Crippen LogP contribution is -2.36. The first kappa shape index (κ1) is 22.1. The Bertz CT molecular complexity index is 1240. The van der Waals surface area contributed by atoms with Gasteiger partial charge in [-0.25, -0.2) is 4.68 Å². The van der Waals surface area contributed by atoms with Gasteiger partial charge in [-0.05, 0) is 49.4 Å². The third-order valence-corrected chi connectivity index (χ3v) is 6.58. The van der Waals surface area contributed by atoms with E-state index in [1.54, 1.807) is 23.3 Å². The summed E-state index contributed by atoms with van der Waals surface area (Å²) in [4.78, 5) is 39.1. The quantitative estimate of drug-likeness (QED) is 0.566. The fourth-order valence-electron chi connectivity index (χ4n) is 4.51. The van der Waals surface area contributed by atoms with Gasteiger partial charge in [-0.15, -0.1) is 0 Å². The Balaban J connectivity index is 1.39. The lowest BCUT2D eigenvalue weighted by Gasteiger charge is -2.25. The predicted molar refractivity (Wildman–Crippen MR) is 128 cm³/mol. The van der Waals surface area contributed by atoms with Crippen LogP contribution in [0.3, 0.4) is 0 Å². The van der Waals surface area contributed by atoms with Gasteiger partial charge < -0.3 is 15.2 Å². The highest BCUT2D eigenvalue weighted by Crippen LogP contribution is 2.28. The van der Waals surface area contributed by atoms with Crippen molar-refractivity contribution < 1.29 is 9.59 Å². The van der Waals surface area contributed by atoms with E-state index in [1.165, 1.54) is 6.42 Å². The fourth-order valence-corrected chi connectivity index (χ4v) is 4.51. The number of amides is 2. The topological polar surface area (TPSA) is 98.0 Å². The lowest BCUT2D eigenvalue weighted by molar-refractivity contribution is 0.0947. The number of nitrogens with one attached hydrogen (secondary N) is 2. The van der Waals surface area contributed by atoms with E-state index >= 15 is 0 Å². The van der Waals surface area contributed by atoms with E-state index in [9.17, 15) is 14.4 Å². The average Bonchev–Trinajstić information content (AvgIpc) is 3.50. The monoisotopic (exact) mass is 459 g/mol. The van der Waals surface area contributed by atoms with Crippen molar-refractivity contribution in [3.05, 3.63) is 82.0 Å². The van der Waals surface area contributed by atoms with Gasteiger partial charge in [-0.3, -0.25) is 14.4 Å². The third kappa shape index (κ3) is 4.95. The van der Waals surface area contributed by atoms with Crippen LogP contribution in [0.2, 0.25) is 0 Å². The molecule has 2 aliphatic rings. The van der Waals surface area contributed by atoms with Crippen molar-refractivity contribution in [2.75, 3.05) is 0 Å². The number of pyridine rings is 1. The highest BCUT2D eigenvalue weighted by atomic mass is 16.2. The van der Waals surface area contributed by atoms with Crippen LogP contribution < -0.4 is 16.1 Å². The molecule has 8 heteroatoms. The minimum absolute atomic E-state index is 0.0113. The molecule has 0 spiro atoms. The van der Waals surface area contributed by atoms with Crippen molar-refractivity contribution in [3.8, 4) is 5.69 Å². The van der Waals surface area contributed by atoms with Crippen LogP contribution in [0.1, 0.15) is 77.3 Å². The van der Waals surface area contributed by atoms with Crippen LogP contribution in [0.4, 0.5) is 0 Å². The normalized spacial score (nSPS) is 16.2. The van der Waals surface area contributed by atoms with Crippen LogP contribution in [0.25, 0.3) is 5.69 Å². The van der Waals surface area contributed by atoms with E-state index in [4.69, 9.17) is 0 Å². The van der Waals surface area contributed by atoms with Gasteiger partial charge in [0.1, 0.15) is 11.1 Å². The first-order valence-electron chi connectivity index (χ1n) is 12.0. The minimum Gasteiger partial charge on any atom is -0.349 e. The van der Waals surface area contributed by atoms with E-state index in [-0.39, 0.29) is 29.8 Å². The van der Waals surface area contributed by atoms with Crippen molar-refractivity contribution in [2.45, 2.75) is 63.6 Å². The summed E-state index contributed by atoms with van der Waals surface area (Å²) >= 11 is 0. The SMILES string of the molecule is O=C(NCc1cccc(-n2cccn2)c1)c1cn(C2CCCCC2)cc(C(=O)NC2CC2)c1=O. The zero-order valence-electron chi connectivity index (χ0n) is 19.1. The second-order valence-electron chi connectivity index (χ2n) is 9.20. The van der Waals surface area contributed by atoms with Crippen LogP contribution in [-0.4, -0.2) is 32.2 Å². The summed E-state index contributed by atoms with van der Waals surface area (Å²) in [7, 11) is 0. The number of aromatic nitrogens is 3. The van der Waals surface area contributed by atoms with Gasteiger partial charge in [0.05, 0.1) is 5.69 Å². The maximum atomic E-state index is 13.2. The van der Waals surface area contributed by atoms with Crippen LogP contribution >= 0.6 is 0 Å². The molecule has 0 unspecified atom stereocenters. The Hall–Kier alpha value is -3.68. The molecule has 2 saturated carbocycles. The van der Waals surface area contributed by atoms with Crippen LogP contribution in [0, 0.1) is 0 Å². The summed E-state index contributed by atoms with van der Waals surface area (Å²) in [5.41, 5.74) is 1.31. The Morgan fingerprint density at radius 2 is 1.74 bits per heavy atom. The van der Waals surface area contributed by atoms with E-state index in [2.05, 4.69) is 15.7 Å². The molecule has 0 radical (unpaired) electrons. The minimum atomic E-state index is -0.520. The summed E-state index contributed by atoms with van der Waals surface area (Å²) in [5.74, 6) is -0.862. The van der Waals surface area contributed by atoms with Crippen molar-refractivity contribution in [1.29, 1.82) is 0 Å². The molecule has 8 nitrogen and oxygen atoms in total. The molecule has 2 aliphatic carbocycles. The summed E-state index contributed by atoms with van der Waals surface area (Å²) in [6, 6.07) is 9.85. The summed E-state index contributed by atoms with van der Waals surface area (Å²) in [6.07, 6.45) is 14.0. The van der Waals surface area contributed by atoms with Crippen LogP contribution in [-0.2, 0) is 6.54 Å². The molecule has 0 aliphatic heterocycles. The molecular formula is C26H29N5O3. The van der Waals surface area contributed by atoms with Crippen molar-refractivity contribution in [2.24, 2.45) is 0 Å². The number of carbonyl (C=O) groups excluding carboxylic acids is 2. The molecule has 2 N–H and O–H groups in total. The summed E-state index contributed by atoms with van der Waals surface area (Å²) in [6.45, 7) is 0.259. The lowest BCUT2D eigenvalue weighted by atomic mass is 9.95. The van der Waals surface area contributed by atoms with Gasteiger partial charge >= 0.3 is 0 Å². The first-order valence-corrected chi connectivity index (χ1v) is 12.0. The van der Waals surface area contributed by atoms with Crippen molar-refractivity contribution in [3.63, 3.8) is 0 Å². The smallest absolute Gasteiger partial charge is 0.257 e. The molecule has 34 heavy (non-hydrogen) atoms. The zero-order valence-corrected chi connectivity index (χ0v) is 19.1. The van der Waals surface area contributed by atoms with Crippen molar-refractivity contribution >= 4 is 11.8 Å². The third-order valence-electron chi connectivity index (χ3n) is 6.58. The zero-order chi connectivity index (χ0) is 23.5. The second-order valence-corrected chi connectivity index (χ2v) is 9.20. The van der Waals surface area contributed by atoms with E-state index < -0.39 is 17.2 Å². The molecule has 2 amide bonds. The first-order chi connectivity index (χ1) is 16.6. The molecule has 0 saturated heterocycles. The Labute approximate surface area is 198 Å². The molecule has 2 heterocycles. The molecule has 2 fully saturated rings. The van der Waals surface area contributed by atoms with Gasteiger partial charge in [0.2, 0.25) is 5.43 Å². The Morgan fingerprint density at radius 1 is 0.971 bits per heavy atom. The molecule has 3 aromatic rings. The molecular weight excluding hydrogens is 430 g/mol. The molecule has 5 rings (SSSR count). The van der Waals surface area contributed by atoms with Gasteiger partial charge in [0.25, 0.3) is 11.8 Å². The largest absolute Gasteiger partial charge is 0.349 e. The number of carbonyl (C=O) groups is 2. The van der Waals surface area contributed by atoms with Gasteiger partial charge in [0, 0.05) is 43.4 Å². The van der Waals surface area contributed by atoms with Gasteiger partial charge in [-0.1, -0.05) is 31.4 Å². The molecule has 0 atom stereocenters. The van der Waals surface area contributed by atoms with Crippen molar-refractivity contribution in [1.82, 2.24) is 25.0 Å². The van der Waals surface area contributed by atoms with Gasteiger partial charge in [-0.2, -0.15) is 5.10 Å². The summed E-state index contributed by atoms with van der Waals surface area (Å²) < 4.78 is 3.66. The maximum absolute atomic E-state index is 13.2. The van der Waals surface area contributed by atoms with Gasteiger partial charge in [0.15, 0.2) is 0 Å². The Morgan fingerprint density at radius 3 is 2.44 bits per heavy atom.